The first-order valence-electron chi connectivity index (χ1n) is 8.79. The molecule has 0 aliphatic carbocycles. The van der Waals surface area contributed by atoms with E-state index in [2.05, 4.69) is 20.3 Å². The van der Waals surface area contributed by atoms with Crippen molar-refractivity contribution >= 4 is 22.7 Å². The summed E-state index contributed by atoms with van der Waals surface area (Å²) < 4.78 is 18.6. The lowest BCUT2D eigenvalue weighted by molar-refractivity contribution is 0.340. The monoisotopic (exact) mass is 376 g/mol. The summed E-state index contributed by atoms with van der Waals surface area (Å²) in [7, 11) is 0. The van der Waals surface area contributed by atoms with Gasteiger partial charge in [-0.2, -0.15) is 4.98 Å². The van der Waals surface area contributed by atoms with E-state index in [1.165, 1.54) is 12.1 Å². The minimum Gasteiger partial charge on any atom is -0.494 e. The number of nitrogens with zero attached hydrogens (tertiary/aromatic N) is 2. The third kappa shape index (κ3) is 3.55. The Morgan fingerprint density at radius 1 is 1.07 bits per heavy atom. The molecule has 6 nitrogen and oxygen atoms in total. The van der Waals surface area contributed by atoms with Gasteiger partial charge in [-0.25, -0.2) is 9.37 Å². The largest absolute Gasteiger partial charge is 0.494 e. The molecule has 0 saturated carbocycles. The minimum absolute atomic E-state index is 0.283. The van der Waals surface area contributed by atoms with Crippen molar-refractivity contribution < 1.29 is 9.13 Å². The fourth-order valence-corrected chi connectivity index (χ4v) is 2.93. The van der Waals surface area contributed by atoms with E-state index < -0.39 is 0 Å². The van der Waals surface area contributed by atoms with Crippen molar-refractivity contribution in [2.45, 2.75) is 6.92 Å². The Balaban J connectivity index is 1.71. The fourth-order valence-electron chi connectivity index (χ4n) is 2.93. The number of aromatic amines is 1. The Labute approximate surface area is 160 Å². The van der Waals surface area contributed by atoms with Crippen LogP contribution in [0, 0.1) is 5.82 Å². The molecule has 0 unspecified atom stereocenters. The Morgan fingerprint density at radius 2 is 1.82 bits per heavy atom. The standard InChI is InChI=1S/C21H17FN4O2/c1-2-28-16-9-7-15(8-10-16)24-21-25-19-18(20(27)26-21)17(11-12-23-19)13-3-5-14(22)6-4-13/h3-12H,2H2,1H3,(H2,23,24,25,26,27). The van der Waals surface area contributed by atoms with E-state index in [-0.39, 0.29) is 17.3 Å². The number of hydrogen-bond donors (Lipinski definition) is 2. The molecular weight excluding hydrogens is 359 g/mol. The van der Waals surface area contributed by atoms with Gasteiger partial charge in [-0.15, -0.1) is 0 Å². The number of fused-ring (bicyclic) bond motifs is 1. The van der Waals surface area contributed by atoms with Crippen molar-refractivity contribution in [3.63, 3.8) is 0 Å². The van der Waals surface area contributed by atoms with Crippen LogP contribution in [0.4, 0.5) is 16.0 Å². The van der Waals surface area contributed by atoms with E-state index in [4.69, 9.17) is 4.74 Å². The number of hydrogen-bond acceptors (Lipinski definition) is 5. The van der Waals surface area contributed by atoms with Crippen LogP contribution >= 0.6 is 0 Å². The first-order chi connectivity index (χ1) is 13.6. The number of pyridine rings is 1. The molecule has 4 aromatic rings. The highest BCUT2D eigenvalue weighted by molar-refractivity contribution is 5.92. The Bertz CT molecular complexity index is 1170. The molecule has 2 heterocycles. The summed E-state index contributed by atoms with van der Waals surface area (Å²) in [5, 5.41) is 3.41. The molecule has 0 atom stereocenters. The molecule has 28 heavy (non-hydrogen) atoms. The van der Waals surface area contributed by atoms with Gasteiger partial charge in [-0.3, -0.25) is 9.78 Å². The molecule has 2 N–H and O–H groups in total. The van der Waals surface area contributed by atoms with Crippen molar-refractivity contribution in [2.24, 2.45) is 0 Å². The van der Waals surface area contributed by atoms with Crippen LogP contribution in [0.2, 0.25) is 0 Å². The van der Waals surface area contributed by atoms with Gasteiger partial charge in [0.05, 0.1) is 12.0 Å². The fraction of sp³-hybridized carbons (Fsp3) is 0.0952. The van der Waals surface area contributed by atoms with Gasteiger partial charge in [0, 0.05) is 11.9 Å². The van der Waals surface area contributed by atoms with Crippen LogP contribution in [0.25, 0.3) is 22.2 Å². The van der Waals surface area contributed by atoms with Gasteiger partial charge in [0.2, 0.25) is 5.95 Å². The molecule has 0 bridgehead atoms. The second-order valence-electron chi connectivity index (χ2n) is 6.06. The zero-order valence-corrected chi connectivity index (χ0v) is 15.1. The number of ether oxygens (including phenoxy) is 1. The second kappa shape index (κ2) is 7.48. The SMILES string of the molecule is CCOc1ccc(Nc2nc3nccc(-c4ccc(F)cc4)c3c(=O)[nH]2)cc1. The lowest BCUT2D eigenvalue weighted by Gasteiger charge is -2.09. The topological polar surface area (TPSA) is 79.9 Å². The van der Waals surface area contributed by atoms with Crippen molar-refractivity contribution in [3.05, 3.63) is 77.0 Å². The zero-order valence-electron chi connectivity index (χ0n) is 15.1. The molecule has 0 radical (unpaired) electrons. The number of H-pyrrole nitrogens is 1. The molecule has 0 fully saturated rings. The van der Waals surface area contributed by atoms with Gasteiger partial charge in [0.25, 0.3) is 5.56 Å². The number of anilines is 2. The van der Waals surface area contributed by atoms with Gasteiger partial charge in [0.15, 0.2) is 5.65 Å². The third-order valence-corrected chi connectivity index (χ3v) is 4.19. The molecule has 7 heteroatoms. The number of nitrogens with one attached hydrogen (secondary N) is 2. The van der Waals surface area contributed by atoms with Gasteiger partial charge in [-0.05, 0) is 60.5 Å². The van der Waals surface area contributed by atoms with Gasteiger partial charge in [-0.1, -0.05) is 12.1 Å². The maximum Gasteiger partial charge on any atom is 0.262 e. The van der Waals surface area contributed by atoms with Crippen LogP contribution < -0.4 is 15.6 Å². The Morgan fingerprint density at radius 3 is 2.54 bits per heavy atom. The van der Waals surface area contributed by atoms with Crippen LogP contribution in [0.1, 0.15) is 6.92 Å². The maximum atomic E-state index is 13.2. The minimum atomic E-state index is -0.337. The average molecular weight is 376 g/mol. The average Bonchev–Trinajstić information content (AvgIpc) is 2.70. The summed E-state index contributed by atoms with van der Waals surface area (Å²) in [6.45, 7) is 2.51. The van der Waals surface area contributed by atoms with E-state index in [1.807, 2.05) is 31.2 Å². The first kappa shape index (κ1) is 17.7. The highest BCUT2D eigenvalue weighted by atomic mass is 19.1. The summed E-state index contributed by atoms with van der Waals surface area (Å²) in [4.78, 5) is 24.1. The van der Waals surface area contributed by atoms with Crippen molar-refractivity contribution in [3.8, 4) is 16.9 Å². The maximum absolute atomic E-state index is 13.2. The predicted octanol–water partition coefficient (Wildman–Crippen LogP) is 4.27. The number of rotatable bonds is 5. The first-order valence-corrected chi connectivity index (χ1v) is 8.79. The molecular formula is C21H17FN4O2. The number of aromatic nitrogens is 3. The second-order valence-corrected chi connectivity index (χ2v) is 6.06. The highest BCUT2D eigenvalue weighted by Gasteiger charge is 2.12. The number of benzene rings is 2. The summed E-state index contributed by atoms with van der Waals surface area (Å²) in [6.07, 6.45) is 1.58. The summed E-state index contributed by atoms with van der Waals surface area (Å²) in [5.41, 5.74) is 2.09. The van der Waals surface area contributed by atoms with Crippen LogP contribution in [0.15, 0.2) is 65.6 Å². The van der Waals surface area contributed by atoms with Crippen LogP contribution in [-0.2, 0) is 0 Å². The lowest BCUT2D eigenvalue weighted by Crippen LogP contribution is -2.13. The van der Waals surface area contributed by atoms with E-state index in [0.29, 0.717) is 28.8 Å². The molecule has 0 aliphatic rings. The number of halogens is 1. The molecule has 0 amide bonds. The highest BCUT2D eigenvalue weighted by Crippen LogP contribution is 2.25. The van der Waals surface area contributed by atoms with E-state index in [0.717, 1.165) is 11.4 Å². The van der Waals surface area contributed by atoms with E-state index in [1.54, 1.807) is 24.4 Å². The van der Waals surface area contributed by atoms with Crippen LogP contribution in [-0.4, -0.2) is 21.6 Å². The summed E-state index contributed by atoms with van der Waals surface area (Å²) >= 11 is 0. The van der Waals surface area contributed by atoms with Gasteiger partial charge in [0.1, 0.15) is 11.6 Å². The molecule has 0 spiro atoms. The van der Waals surface area contributed by atoms with E-state index >= 15 is 0 Å². The molecule has 2 aromatic carbocycles. The smallest absolute Gasteiger partial charge is 0.262 e. The van der Waals surface area contributed by atoms with E-state index in [9.17, 15) is 9.18 Å². The molecule has 0 saturated heterocycles. The molecule has 4 rings (SSSR count). The van der Waals surface area contributed by atoms with Crippen LogP contribution in [0.3, 0.4) is 0 Å². The zero-order chi connectivity index (χ0) is 19.5. The van der Waals surface area contributed by atoms with Crippen molar-refractivity contribution in [1.82, 2.24) is 15.0 Å². The quantitative estimate of drug-likeness (QED) is 0.544. The van der Waals surface area contributed by atoms with Crippen molar-refractivity contribution in [1.29, 1.82) is 0 Å². The summed E-state index contributed by atoms with van der Waals surface area (Å²) in [6, 6.07) is 15.0. The molecule has 140 valence electrons. The third-order valence-electron chi connectivity index (χ3n) is 4.19. The Hall–Kier alpha value is -3.74. The predicted molar refractivity (Wildman–Crippen MR) is 106 cm³/mol. The van der Waals surface area contributed by atoms with Gasteiger partial charge >= 0.3 is 0 Å². The molecule has 0 aliphatic heterocycles. The van der Waals surface area contributed by atoms with Crippen molar-refractivity contribution in [2.75, 3.05) is 11.9 Å². The Kier molecular flexibility index (Phi) is 4.72. The molecule has 2 aromatic heterocycles. The normalized spacial score (nSPS) is 10.8. The van der Waals surface area contributed by atoms with Crippen LogP contribution in [0.5, 0.6) is 5.75 Å². The summed E-state index contributed by atoms with van der Waals surface area (Å²) in [5.74, 6) is 0.708. The van der Waals surface area contributed by atoms with Gasteiger partial charge < -0.3 is 10.1 Å². The lowest BCUT2D eigenvalue weighted by atomic mass is 10.0.